The van der Waals surface area contributed by atoms with Crippen molar-refractivity contribution in [1.82, 2.24) is 9.78 Å². The van der Waals surface area contributed by atoms with Crippen LogP contribution in [0.25, 0.3) is 0 Å². The summed E-state index contributed by atoms with van der Waals surface area (Å²) in [5.74, 6) is 0.983. The van der Waals surface area contributed by atoms with Gasteiger partial charge < -0.3 is 10.5 Å². The Kier molecular flexibility index (Phi) is 3.97. The van der Waals surface area contributed by atoms with E-state index in [2.05, 4.69) is 41.8 Å². The molecule has 1 aromatic carbocycles. The van der Waals surface area contributed by atoms with E-state index in [4.69, 9.17) is 10.5 Å². The molecule has 1 aliphatic heterocycles. The molecule has 0 aliphatic carbocycles. The molecule has 0 saturated heterocycles. The standard InChI is InChI=1S/C17H23N3O/c1-3-13-10-14(20(4-2)19-13)11-15(18)17-9-12-7-5-6-8-16(12)21-17/h5-8,10,15,17H,3-4,9,11,18H2,1-2H3. The van der Waals surface area contributed by atoms with Crippen molar-refractivity contribution in [3.8, 4) is 5.75 Å². The van der Waals surface area contributed by atoms with E-state index in [0.29, 0.717) is 0 Å². The van der Waals surface area contributed by atoms with E-state index in [1.54, 1.807) is 0 Å². The van der Waals surface area contributed by atoms with Crippen molar-refractivity contribution < 1.29 is 4.74 Å². The molecule has 0 spiro atoms. The second-order valence-corrected chi connectivity index (χ2v) is 5.63. The summed E-state index contributed by atoms with van der Waals surface area (Å²) in [6.45, 7) is 5.12. The highest BCUT2D eigenvalue weighted by molar-refractivity contribution is 5.37. The fourth-order valence-electron chi connectivity index (χ4n) is 2.95. The maximum Gasteiger partial charge on any atom is 0.123 e. The van der Waals surface area contributed by atoms with Gasteiger partial charge in [0.2, 0.25) is 0 Å². The molecule has 0 amide bonds. The zero-order valence-electron chi connectivity index (χ0n) is 12.7. The summed E-state index contributed by atoms with van der Waals surface area (Å²) in [4.78, 5) is 0. The van der Waals surface area contributed by atoms with Gasteiger partial charge in [-0.15, -0.1) is 0 Å². The van der Waals surface area contributed by atoms with Gasteiger partial charge in [-0.05, 0) is 31.0 Å². The van der Waals surface area contributed by atoms with Crippen molar-refractivity contribution in [1.29, 1.82) is 0 Å². The summed E-state index contributed by atoms with van der Waals surface area (Å²) in [7, 11) is 0. The van der Waals surface area contributed by atoms with Gasteiger partial charge in [0.15, 0.2) is 0 Å². The minimum Gasteiger partial charge on any atom is -0.488 e. The van der Waals surface area contributed by atoms with Gasteiger partial charge in [0.25, 0.3) is 0 Å². The molecule has 1 aromatic heterocycles. The third-order valence-corrected chi connectivity index (χ3v) is 4.17. The Balaban J connectivity index is 1.70. The van der Waals surface area contributed by atoms with Crippen molar-refractivity contribution in [2.45, 2.75) is 51.8 Å². The van der Waals surface area contributed by atoms with Crippen LogP contribution in [0, 0.1) is 0 Å². The van der Waals surface area contributed by atoms with Gasteiger partial charge in [-0.1, -0.05) is 25.1 Å². The first kappa shape index (κ1) is 14.1. The highest BCUT2D eigenvalue weighted by atomic mass is 16.5. The second kappa shape index (κ2) is 5.90. The normalized spacial score (nSPS) is 18.3. The van der Waals surface area contributed by atoms with Crippen LogP contribution in [0.2, 0.25) is 0 Å². The maximum atomic E-state index is 6.40. The Labute approximate surface area is 125 Å². The Bertz CT molecular complexity index is 595. The number of ether oxygens (including phenoxy) is 1. The lowest BCUT2D eigenvalue weighted by Crippen LogP contribution is -2.40. The minimum atomic E-state index is -0.0101. The lowest BCUT2D eigenvalue weighted by atomic mass is 10.0. The SMILES string of the molecule is CCc1cc(CC(N)C2Cc3ccccc3O2)n(CC)n1. The van der Waals surface area contributed by atoms with Crippen molar-refractivity contribution in [3.63, 3.8) is 0 Å². The van der Waals surface area contributed by atoms with Gasteiger partial charge in [-0.3, -0.25) is 4.68 Å². The van der Waals surface area contributed by atoms with Crippen LogP contribution in [-0.4, -0.2) is 21.9 Å². The molecule has 2 unspecified atom stereocenters. The molecule has 2 atom stereocenters. The summed E-state index contributed by atoms with van der Waals surface area (Å²) in [5.41, 5.74) is 10.0. The summed E-state index contributed by atoms with van der Waals surface area (Å²) < 4.78 is 8.05. The molecule has 112 valence electrons. The second-order valence-electron chi connectivity index (χ2n) is 5.63. The first-order chi connectivity index (χ1) is 10.2. The first-order valence-electron chi connectivity index (χ1n) is 7.77. The Hall–Kier alpha value is -1.81. The van der Waals surface area contributed by atoms with Crippen molar-refractivity contribution in [2.24, 2.45) is 5.73 Å². The molecule has 4 heteroatoms. The van der Waals surface area contributed by atoms with Crippen LogP contribution >= 0.6 is 0 Å². The summed E-state index contributed by atoms with van der Waals surface area (Å²) in [6, 6.07) is 10.4. The van der Waals surface area contributed by atoms with Crippen LogP contribution in [0.5, 0.6) is 5.75 Å². The van der Waals surface area contributed by atoms with Crippen LogP contribution in [0.3, 0.4) is 0 Å². The van der Waals surface area contributed by atoms with Gasteiger partial charge in [-0.2, -0.15) is 5.10 Å². The molecule has 21 heavy (non-hydrogen) atoms. The molecule has 0 fully saturated rings. The number of aryl methyl sites for hydroxylation is 2. The molecule has 0 bridgehead atoms. The Morgan fingerprint density at radius 1 is 1.38 bits per heavy atom. The lowest BCUT2D eigenvalue weighted by Gasteiger charge is -2.19. The number of para-hydroxylation sites is 1. The molecule has 2 heterocycles. The van der Waals surface area contributed by atoms with Crippen molar-refractivity contribution >= 4 is 0 Å². The number of rotatable bonds is 5. The van der Waals surface area contributed by atoms with Crippen LogP contribution in [0.4, 0.5) is 0 Å². The molecule has 2 N–H and O–H groups in total. The van der Waals surface area contributed by atoms with Crippen molar-refractivity contribution in [3.05, 3.63) is 47.3 Å². The third-order valence-electron chi connectivity index (χ3n) is 4.17. The van der Waals surface area contributed by atoms with Gasteiger partial charge in [0.1, 0.15) is 11.9 Å². The number of nitrogens with zero attached hydrogens (tertiary/aromatic N) is 2. The number of fused-ring (bicyclic) bond motifs is 1. The molecule has 0 radical (unpaired) electrons. The average Bonchev–Trinajstić information content (AvgIpc) is 3.10. The van der Waals surface area contributed by atoms with Gasteiger partial charge in [-0.25, -0.2) is 0 Å². The Morgan fingerprint density at radius 2 is 2.19 bits per heavy atom. The predicted molar refractivity (Wildman–Crippen MR) is 83.5 cm³/mol. The average molecular weight is 285 g/mol. The number of hydrogen-bond donors (Lipinski definition) is 1. The smallest absolute Gasteiger partial charge is 0.123 e. The van der Waals surface area contributed by atoms with E-state index < -0.39 is 0 Å². The number of benzene rings is 1. The summed E-state index contributed by atoms with van der Waals surface area (Å²) in [5, 5.41) is 4.59. The highest BCUT2D eigenvalue weighted by Crippen LogP contribution is 2.29. The predicted octanol–water partition coefficient (Wildman–Crippen LogP) is 2.34. The highest BCUT2D eigenvalue weighted by Gasteiger charge is 2.28. The Morgan fingerprint density at radius 3 is 2.90 bits per heavy atom. The van der Waals surface area contributed by atoms with E-state index in [1.807, 2.05) is 12.1 Å². The quantitative estimate of drug-likeness (QED) is 0.917. The van der Waals surface area contributed by atoms with Crippen LogP contribution < -0.4 is 10.5 Å². The van der Waals surface area contributed by atoms with Gasteiger partial charge in [0.05, 0.1) is 5.69 Å². The molecule has 1 aliphatic rings. The van der Waals surface area contributed by atoms with Crippen LogP contribution in [0.1, 0.15) is 30.8 Å². The fraction of sp³-hybridized carbons (Fsp3) is 0.471. The van der Waals surface area contributed by atoms with Gasteiger partial charge in [0, 0.05) is 31.1 Å². The molecular formula is C17H23N3O. The third kappa shape index (κ3) is 2.81. The van der Waals surface area contributed by atoms with E-state index in [0.717, 1.165) is 37.3 Å². The van der Waals surface area contributed by atoms with Crippen LogP contribution in [0.15, 0.2) is 30.3 Å². The summed E-state index contributed by atoms with van der Waals surface area (Å²) >= 11 is 0. The first-order valence-corrected chi connectivity index (χ1v) is 7.77. The van der Waals surface area contributed by atoms with Crippen LogP contribution in [-0.2, 0) is 25.8 Å². The lowest BCUT2D eigenvalue weighted by molar-refractivity contribution is 0.197. The van der Waals surface area contributed by atoms with Gasteiger partial charge >= 0.3 is 0 Å². The molecule has 2 aromatic rings. The topological polar surface area (TPSA) is 53.1 Å². The van der Waals surface area contributed by atoms with Crippen molar-refractivity contribution in [2.75, 3.05) is 0 Å². The van der Waals surface area contributed by atoms with E-state index in [1.165, 1.54) is 11.3 Å². The largest absolute Gasteiger partial charge is 0.488 e. The minimum absolute atomic E-state index is 0.0101. The maximum absolute atomic E-state index is 6.40. The molecular weight excluding hydrogens is 262 g/mol. The van der Waals surface area contributed by atoms with E-state index in [9.17, 15) is 0 Å². The molecule has 3 rings (SSSR count). The zero-order chi connectivity index (χ0) is 14.8. The monoisotopic (exact) mass is 285 g/mol. The zero-order valence-corrected chi connectivity index (χ0v) is 12.7. The summed E-state index contributed by atoms with van der Waals surface area (Å²) in [6.07, 6.45) is 2.73. The molecule has 0 saturated carbocycles. The van der Waals surface area contributed by atoms with E-state index >= 15 is 0 Å². The fourth-order valence-corrected chi connectivity index (χ4v) is 2.95. The number of hydrogen-bond acceptors (Lipinski definition) is 3. The number of aromatic nitrogens is 2. The molecule has 4 nitrogen and oxygen atoms in total. The number of nitrogens with two attached hydrogens (primary N) is 1. The van der Waals surface area contributed by atoms with E-state index in [-0.39, 0.29) is 12.1 Å².